The van der Waals surface area contributed by atoms with Crippen molar-refractivity contribution in [3.63, 3.8) is 0 Å². The van der Waals surface area contributed by atoms with Crippen molar-refractivity contribution in [1.29, 1.82) is 0 Å². The minimum atomic E-state index is -0.123. The van der Waals surface area contributed by atoms with Crippen LogP contribution in [0.2, 0.25) is 0 Å². The van der Waals surface area contributed by atoms with Crippen LogP contribution in [0, 0.1) is 17.8 Å². The first-order chi connectivity index (χ1) is 8.79. The Bertz CT molecular complexity index is 293. The molecule has 1 aliphatic rings. The average Bonchev–Trinajstić information content (AvgIpc) is 2.25. The topological polar surface area (TPSA) is 58.4 Å². The van der Waals surface area contributed by atoms with Crippen LogP contribution in [0.25, 0.3) is 0 Å². The molecule has 5 atom stereocenters. The molecule has 0 aromatic heterocycles. The molecule has 0 aliphatic carbocycles. The molecule has 6 heteroatoms. The molecule has 0 aromatic rings. The van der Waals surface area contributed by atoms with Gasteiger partial charge in [0.2, 0.25) is 5.91 Å². The molecule has 1 fully saturated rings. The largest absolute Gasteiger partial charge is 0.352 e. The second-order valence-corrected chi connectivity index (χ2v) is 6.72. The molecule has 5 unspecified atom stereocenters. The SMILES string of the molecule is CC1CC(C)CN(CC(C)NC(=O)C(C)C(C)N)C1.Cl.Cl. The number of halogens is 2. The highest BCUT2D eigenvalue weighted by Gasteiger charge is 2.24. The van der Waals surface area contributed by atoms with Gasteiger partial charge in [0.25, 0.3) is 0 Å². The fraction of sp³-hybridized carbons (Fsp3) is 0.933. The van der Waals surface area contributed by atoms with Crippen LogP contribution in [0.1, 0.15) is 41.0 Å². The Hall–Kier alpha value is -0.0300. The van der Waals surface area contributed by atoms with Crippen molar-refractivity contribution >= 4 is 30.7 Å². The van der Waals surface area contributed by atoms with E-state index in [1.165, 1.54) is 6.42 Å². The molecule has 3 N–H and O–H groups in total. The second kappa shape index (κ2) is 10.7. The van der Waals surface area contributed by atoms with Gasteiger partial charge in [-0.05, 0) is 32.1 Å². The molecule has 4 nitrogen and oxygen atoms in total. The third-order valence-corrected chi connectivity index (χ3v) is 4.07. The van der Waals surface area contributed by atoms with E-state index in [1.54, 1.807) is 0 Å². The summed E-state index contributed by atoms with van der Waals surface area (Å²) in [7, 11) is 0. The highest BCUT2D eigenvalue weighted by atomic mass is 35.5. The first-order valence-corrected chi connectivity index (χ1v) is 7.57. The lowest BCUT2D eigenvalue weighted by molar-refractivity contribution is -0.125. The molecule has 0 aromatic carbocycles. The maximum atomic E-state index is 12.0. The van der Waals surface area contributed by atoms with Crippen molar-refractivity contribution in [1.82, 2.24) is 10.2 Å². The normalized spacial score (nSPS) is 26.8. The number of nitrogens with zero attached hydrogens (tertiary/aromatic N) is 1. The fourth-order valence-corrected chi connectivity index (χ4v) is 2.99. The average molecular weight is 342 g/mol. The van der Waals surface area contributed by atoms with E-state index < -0.39 is 0 Å². The fourth-order valence-electron chi connectivity index (χ4n) is 2.99. The molecule has 0 bridgehead atoms. The summed E-state index contributed by atoms with van der Waals surface area (Å²) in [5.41, 5.74) is 5.76. The van der Waals surface area contributed by atoms with Gasteiger partial charge < -0.3 is 16.0 Å². The minimum absolute atomic E-state index is 0. The number of hydrogen-bond acceptors (Lipinski definition) is 3. The van der Waals surface area contributed by atoms with Crippen LogP contribution in [0.4, 0.5) is 0 Å². The van der Waals surface area contributed by atoms with Crippen LogP contribution in [0.3, 0.4) is 0 Å². The van der Waals surface area contributed by atoms with E-state index in [0.717, 1.165) is 31.5 Å². The van der Waals surface area contributed by atoms with Gasteiger partial charge >= 0.3 is 0 Å². The van der Waals surface area contributed by atoms with Crippen molar-refractivity contribution in [2.45, 2.75) is 53.1 Å². The molecular formula is C15H33Cl2N3O. The molecule has 128 valence electrons. The zero-order valence-corrected chi connectivity index (χ0v) is 15.6. The van der Waals surface area contributed by atoms with E-state index in [1.807, 2.05) is 13.8 Å². The number of nitrogens with one attached hydrogen (secondary N) is 1. The zero-order valence-electron chi connectivity index (χ0n) is 14.0. The summed E-state index contributed by atoms with van der Waals surface area (Å²) >= 11 is 0. The van der Waals surface area contributed by atoms with E-state index in [0.29, 0.717) is 0 Å². The van der Waals surface area contributed by atoms with Crippen molar-refractivity contribution < 1.29 is 4.79 Å². The smallest absolute Gasteiger partial charge is 0.224 e. The first-order valence-electron chi connectivity index (χ1n) is 7.57. The maximum absolute atomic E-state index is 12.0. The number of hydrogen-bond donors (Lipinski definition) is 2. The summed E-state index contributed by atoms with van der Waals surface area (Å²) < 4.78 is 0. The van der Waals surface area contributed by atoms with E-state index >= 15 is 0 Å². The van der Waals surface area contributed by atoms with Gasteiger partial charge in [0.05, 0.1) is 0 Å². The number of rotatable bonds is 5. The Morgan fingerprint density at radius 2 is 1.67 bits per heavy atom. The molecule has 1 amide bonds. The quantitative estimate of drug-likeness (QED) is 0.806. The van der Waals surface area contributed by atoms with Crippen molar-refractivity contribution in [3.05, 3.63) is 0 Å². The van der Waals surface area contributed by atoms with Gasteiger partial charge in [0.1, 0.15) is 0 Å². The Labute approximate surface area is 142 Å². The van der Waals surface area contributed by atoms with Crippen LogP contribution in [0.5, 0.6) is 0 Å². The molecule has 0 spiro atoms. The molecule has 1 heterocycles. The highest BCUT2D eigenvalue weighted by Crippen LogP contribution is 2.20. The van der Waals surface area contributed by atoms with Crippen LogP contribution >= 0.6 is 24.8 Å². The zero-order chi connectivity index (χ0) is 14.6. The number of likely N-dealkylation sites (tertiary alicyclic amines) is 1. The lowest BCUT2D eigenvalue weighted by atomic mass is 9.91. The Balaban J connectivity index is 0. The van der Waals surface area contributed by atoms with Gasteiger partial charge in [0, 0.05) is 37.6 Å². The van der Waals surface area contributed by atoms with E-state index in [9.17, 15) is 4.79 Å². The molecular weight excluding hydrogens is 309 g/mol. The minimum Gasteiger partial charge on any atom is -0.352 e. The van der Waals surface area contributed by atoms with Crippen molar-refractivity contribution in [3.8, 4) is 0 Å². The van der Waals surface area contributed by atoms with Gasteiger partial charge in [-0.25, -0.2) is 0 Å². The second-order valence-electron chi connectivity index (χ2n) is 6.72. The van der Waals surface area contributed by atoms with Crippen LogP contribution in [-0.4, -0.2) is 42.5 Å². The monoisotopic (exact) mass is 341 g/mol. The predicted octanol–water partition coefficient (Wildman–Crippen LogP) is 2.30. The number of carbonyl (C=O) groups excluding carboxylic acids is 1. The highest BCUT2D eigenvalue weighted by molar-refractivity contribution is 5.85. The standard InChI is InChI=1S/C15H31N3O.2ClH/c1-10-6-11(2)8-18(7-10)9-12(3)17-15(19)13(4)14(5)16;;/h10-14H,6-9,16H2,1-5H3,(H,17,19);2*1H. The number of amides is 1. The maximum Gasteiger partial charge on any atom is 0.224 e. The molecule has 21 heavy (non-hydrogen) atoms. The molecule has 0 saturated carbocycles. The van der Waals surface area contributed by atoms with Crippen LogP contribution < -0.4 is 11.1 Å². The Kier molecular flexibility index (Phi) is 11.8. The van der Waals surface area contributed by atoms with E-state index in [4.69, 9.17) is 5.73 Å². The van der Waals surface area contributed by atoms with Crippen molar-refractivity contribution in [2.24, 2.45) is 23.5 Å². The van der Waals surface area contributed by atoms with Gasteiger partial charge in [-0.15, -0.1) is 24.8 Å². The summed E-state index contributed by atoms with van der Waals surface area (Å²) in [6.45, 7) is 13.7. The number of nitrogens with two attached hydrogens (primary N) is 1. The van der Waals surface area contributed by atoms with Crippen LogP contribution in [0.15, 0.2) is 0 Å². The van der Waals surface area contributed by atoms with Gasteiger partial charge in [-0.1, -0.05) is 20.8 Å². The summed E-state index contributed by atoms with van der Waals surface area (Å²) in [5.74, 6) is 1.46. The first kappa shape index (κ1) is 23.2. The van der Waals surface area contributed by atoms with E-state index in [2.05, 4.69) is 31.0 Å². The molecule has 1 aliphatic heterocycles. The third-order valence-electron chi connectivity index (χ3n) is 4.07. The molecule has 1 saturated heterocycles. The van der Waals surface area contributed by atoms with Gasteiger partial charge in [0.15, 0.2) is 0 Å². The lowest BCUT2D eigenvalue weighted by Crippen LogP contribution is -2.49. The van der Waals surface area contributed by atoms with E-state index in [-0.39, 0.29) is 48.7 Å². The summed E-state index contributed by atoms with van der Waals surface area (Å²) in [4.78, 5) is 14.4. The van der Waals surface area contributed by atoms with Crippen molar-refractivity contribution in [2.75, 3.05) is 19.6 Å². The predicted molar refractivity (Wildman–Crippen MR) is 94.3 cm³/mol. The number of carbonyl (C=O) groups is 1. The summed E-state index contributed by atoms with van der Waals surface area (Å²) in [6.07, 6.45) is 1.32. The molecule has 1 rings (SSSR count). The molecule has 0 radical (unpaired) electrons. The summed E-state index contributed by atoms with van der Waals surface area (Å²) in [5, 5.41) is 3.08. The number of piperidine rings is 1. The lowest BCUT2D eigenvalue weighted by Gasteiger charge is -2.36. The van der Waals surface area contributed by atoms with Crippen LogP contribution in [-0.2, 0) is 4.79 Å². The van der Waals surface area contributed by atoms with Gasteiger partial charge in [-0.2, -0.15) is 0 Å². The summed E-state index contributed by atoms with van der Waals surface area (Å²) in [6, 6.07) is 0.0911. The van der Waals surface area contributed by atoms with Gasteiger partial charge in [-0.3, -0.25) is 4.79 Å². The Morgan fingerprint density at radius 1 is 1.19 bits per heavy atom. The Morgan fingerprint density at radius 3 is 2.10 bits per heavy atom. The third kappa shape index (κ3) is 8.24.